The Morgan fingerprint density at radius 2 is 2.05 bits per heavy atom. The fraction of sp³-hybridized carbons (Fsp3) is 0.533. The number of halogens is 1. The van der Waals surface area contributed by atoms with Crippen molar-refractivity contribution in [1.29, 1.82) is 0 Å². The highest BCUT2D eigenvalue weighted by Crippen LogP contribution is 2.27. The zero-order valence-corrected chi connectivity index (χ0v) is 13.4. The van der Waals surface area contributed by atoms with Crippen LogP contribution in [0.3, 0.4) is 0 Å². The molecule has 0 radical (unpaired) electrons. The van der Waals surface area contributed by atoms with Crippen LogP contribution in [0.2, 0.25) is 0 Å². The zero-order valence-electron chi connectivity index (χ0n) is 11.8. The van der Waals surface area contributed by atoms with E-state index in [1.165, 1.54) is 44.2 Å². The van der Waals surface area contributed by atoms with E-state index in [1.807, 2.05) is 0 Å². The molecule has 21 heavy (non-hydrogen) atoms. The van der Waals surface area contributed by atoms with Crippen molar-refractivity contribution < 1.29 is 9.72 Å². The average Bonchev–Trinajstić information content (AvgIpc) is 2.48. The molecule has 0 saturated heterocycles. The van der Waals surface area contributed by atoms with Crippen molar-refractivity contribution in [1.82, 2.24) is 5.32 Å². The van der Waals surface area contributed by atoms with Gasteiger partial charge < -0.3 is 5.32 Å². The van der Waals surface area contributed by atoms with Crippen LogP contribution in [-0.4, -0.2) is 17.4 Å². The van der Waals surface area contributed by atoms with Crippen LogP contribution < -0.4 is 5.32 Å². The lowest BCUT2D eigenvalue weighted by atomic mass is 9.87. The molecule has 0 unspecified atom stereocenters. The van der Waals surface area contributed by atoms with Gasteiger partial charge in [0.1, 0.15) is 0 Å². The highest BCUT2D eigenvalue weighted by molar-refractivity contribution is 9.10. The summed E-state index contributed by atoms with van der Waals surface area (Å²) in [4.78, 5) is 22.4. The summed E-state index contributed by atoms with van der Waals surface area (Å²) in [5, 5.41) is 13.7. The molecule has 1 N–H and O–H groups in total. The summed E-state index contributed by atoms with van der Waals surface area (Å²) >= 11 is 3.11. The van der Waals surface area contributed by atoms with Crippen LogP contribution in [0.5, 0.6) is 0 Å². The molecule has 1 aliphatic rings. The summed E-state index contributed by atoms with van der Waals surface area (Å²) in [5.41, 5.74) is 0.239. The number of rotatable bonds is 5. The largest absolute Gasteiger partial charge is 0.352 e. The van der Waals surface area contributed by atoms with E-state index in [9.17, 15) is 14.9 Å². The van der Waals surface area contributed by atoms with Gasteiger partial charge in [0, 0.05) is 18.2 Å². The van der Waals surface area contributed by atoms with Gasteiger partial charge in [0.15, 0.2) is 0 Å². The molecule has 114 valence electrons. The second kappa shape index (κ2) is 7.54. The summed E-state index contributed by atoms with van der Waals surface area (Å²) in [5.74, 6) is 0.458. The number of carbonyl (C=O) groups is 1. The quantitative estimate of drug-likeness (QED) is 0.640. The van der Waals surface area contributed by atoms with Crippen LogP contribution in [0.25, 0.3) is 0 Å². The number of nitro groups is 1. The Labute approximate surface area is 132 Å². The van der Waals surface area contributed by atoms with E-state index in [2.05, 4.69) is 21.2 Å². The highest BCUT2D eigenvalue weighted by Gasteiger charge is 2.17. The summed E-state index contributed by atoms with van der Waals surface area (Å²) in [6.07, 6.45) is 7.39. The number of hydrogen-bond acceptors (Lipinski definition) is 3. The SMILES string of the molecule is O=C(NCCC1CCCCC1)c1ccc(Br)c([N+](=O)[O-])c1. The highest BCUT2D eigenvalue weighted by atomic mass is 79.9. The van der Waals surface area contributed by atoms with Crippen molar-refractivity contribution in [3.63, 3.8) is 0 Å². The molecule has 0 bridgehead atoms. The van der Waals surface area contributed by atoms with Gasteiger partial charge in [-0.25, -0.2) is 0 Å². The number of nitrogens with zero attached hydrogens (tertiary/aromatic N) is 1. The molecule has 0 heterocycles. The van der Waals surface area contributed by atoms with Gasteiger partial charge in [0.25, 0.3) is 11.6 Å². The maximum atomic E-state index is 12.0. The maximum absolute atomic E-state index is 12.0. The molecule has 0 atom stereocenters. The van der Waals surface area contributed by atoms with Gasteiger partial charge in [0.05, 0.1) is 9.40 Å². The third-order valence-corrected chi connectivity index (χ3v) is 4.64. The molecular weight excluding hydrogens is 336 g/mol. The van der Waals surface area contributed by atoms with Crippen LogP contribution in [0.1, 0.15) is 48.9 Å². The van der Waals surface area contributed by atoms with Crippen molar-refractivity contribution in [2.75, 3.05) is 6.54 Å². The number of amides is 1. The molecule has 1 aliphatic carbocycles. The Kier molecular flexibility index (Phi) is 5.73. The minimum Gasteiger partial charge on any atom is -0.352 e. The Balaban J connectivity index is 1.88. The maximum Gasteiger partial charge on any atom is 0.284 e. The monoisotopic (exact) mass is 354 g/mol. The Morgan fingerprint density at radius 1 is 1.33 bits per heavy atom. The third kappa shape index (κ3) is 4.52. The van der Waals surface area contributed by atoms with Crippen LogP contribution in [0.15, 0.2) is 22.7 Å². The van der Waals surface area contributed by atoms with Gasteiger partial charge in [-0.15, -0.1) is 0 Å². The Bertz CT molecular complexity index is 528. The van der Waals surface area contributed by atoms with Gasteiger partial charge in [0.2, 0.25) is 0 Å². The second-order valence-electron chi connectivity index (χ2n) is 5.47. The normalized spacial score (nSPS) is 15.7. The summed E-state index contributed by atoms with van der Waals surface area (Å²) in [6, 6.07) is 4.43. The van der Waals surface area contributed by atoms with E-state index < -0.39 is 4.92 Å². The van der Waals surface area contributed by atoms with Crippen molar-refractivity contribution in [2.24, 2.45) is 5.92 Å². The van der Waals surface area contributed by atoms with Gasteiger partial charge in [-0.2, -0.15) is 0 Å². The number of benzene rings is 1. The fourth-order valence-electron chi connectivity index (χ4n) is 2.76. The van der Waals surface area contributed by atoms with Crippen LogP contribution in [-0.2, 0) is 0 Å². The predicted molar refractivity (Wildman–Crippen MR) is 84.3 cm³/mol. The molecular formula is C15H19BrN2O3. The zero-order chi connectivity index (χ0) is 15.2. The molecule has 1 fully saturated rings. The number of carbonyl (C=O) groups excluding carboxylic acids is 1. The summed E-state index contributed by atoms with van der Waals surface area (Å²) in [7, 11) is 0. The van der Waals surface area contributed by atoms with E-state index in [0.717, 1.165) is 6.42 Å². The first kappa shape index (κ1) is 15.9. The van der Waals surface area contributed by atoms with E-state index in [4.69, 9.17) is 0 Å². The Morgan fingerprint density at radius 3 is 2.71 bits per heavy atom. The molecule has 1 aromatic rings. The first-order valence-electron chi connectivity index (χ1n) is 7.30. The Hall–Kier alpha value is -1.43. The van der Waals surface area contributed by atoms with E-state index in [1.54, 1.807) is 6.07 Å². The molecule has 6 heteroatoms. The fourth-order valence-corrected chi connectivity index (χ4v) is 3.15. The van der Waals surface area contributed by atoms with Crippen molar-refractivity contribution in [3.05, 3.63) is 38.3 Å². The first-order valence-corrected chi connectivity index (χ1v) is 8.09. The third-order valence-electron chi connectivity index (χ3n) is 3.97. The molecule has 1 saturated carbocycles. The molecule has 2 rings (SSSR count). The molecule has 0 spiro atoms. The number of nitrogens with one attached hydrogen (secondary N) is 1. The average molecular weight is 355 g/mol. The second-order valence-corrected chi connectivity index (χ2v) is 6.33. The van der Waals surface area contributed by atoms with Crippen molar-refractivity contribution in [2.45, 2.75) is 38.5 Å². The van der Waals surface area contributed by atoms with Gasteiger partial charge >= 0.3 is 0 Å². The van der Waals surface area contributed by atoms with E-state index >= 15 is 0 Å². The van der Waals surface area contributed by atoms with E-state index in [-0.39, 0.29) is 11.6 Å². The summed E-state index contributed by atoms with van der Waals surface area (Å²) < 4.78 is 0.381. The summed E-state index contributed by atoms with van der Waals surface area (Å²) in [6.45, 7) is 0.632. The lowest BCUT2D eigenvalue weighted by Gasteiger charge is -2.21. The lowest BCUT2D eigenvalue weighted by Crippen LogP contribution is -2.26. The first-order chi connectivity index (χ1) is 10.1. The standard InChI is InChI=1S/C15H19BrN2O3/c16-13-7-6-12(10-14(13)18(20)21)15(19)17-9-8-11-4-2-1-3-5-11/h6-7,10-11H,1-5,8-9H2,(H,17,19). The molecule has 5 nitrogen and oxygen atoms in total. The molecule has 0 aliphatic heterocycles. The van der Waals surface area contributed by atoms with Crippen molar-refractivity contribution in [3.8, 4) is 0 Å². The predicted octanol–water partition coefficient (Wildman–Crippen LogP) is 4.06. The minimum absolute atomic E-state index is 0.0880. The molecule has 1 aromatic carbocycles. The van der Waals surface area contributed by atoms with E-state index in [0.29, 0.717) is 22.5 Å². The van der Waals surface area contributed by atoms with Crippen LogP contribution in [0, 0.1) is 16.0 Å². The van der Waals surface area contributed by atoms with Gasteiger partial charge in [-0.1, -0.05) is 32.1 Å². The number of nitro benzene ring substituents is 1. The minimum atomic E-state index is -0.497. The van der Waals surface area contributed by atoms with Gasteiger partial charge in [-0.3, -0.25) is 14.9 Å². The van der Waals surface area contributed by atoms with Crippen molar-refractivity contribution >= 4 is 27.5 Å². The number of hydrogen-bond donors (Lipinski definition) is 1. The lowest BCUT2D eigenvalue weighted by molar-refractivity contribution is -0.385. The van der Waals surface area contributed by atoms with Gasteiger partial charge in [-0.05, 0) is 40.4 Å². The van der Waals surface area contributed by atoms with Crippen LogP contribution in [0.4, 0.5) is 5.69 Å². The molecule has 0 aromatic heterocycles. The van der Waals surface area contributed by atoms with Crippen LogP contribution >= 0.6 is 15.9 Å². The molecule has 1 amide bonds. The smallest absolute Gasteiger partial charge is 0.284 e. The topological polar surface area (TPSA) is 72.2 Å².